The summed E-state index contributed by atoms with van der Waals surface area (Å²) in [5.41, 5.74) is 7.73. The van der Waals surface area contributed by atoms with E-state index < -0.39 is 23.4 Å². The third-order valence-electron chi connectivity index (χ3n) is 4.22. The second-order valence-electron chi connectivity index (χ2n) is 6.30. The Labute approximate surface area is 159 Å². The van der Waals surface area contributed by atoms with Gasteiger partial charge >= 0.3 is 0 Å². The number of aromatic nitrogens is 2. The highest BCUT2D eigenvalue weighted by Gasteiger charge is 2.12. The lowest BCUT2D eigenvalue weighted by Gasteiger charge is -2.08. The van der Waals surface area contributed by atoms with E-state index >= 15 is 0 Å². The smallest absolute Gasteiger partial charge is 0.266 e. The van der Waals surface area contributed by atoms with E-state index in [1.54, 1.807) is 24.4 Å². The average molecular weight is 384 g/mol. The second kappa shape index (κ2) is 8.43. The van der Waals surface area contributed by atoms with Crippen LogP contribution in [0.3, 0.4) is 0 Å². The normalized spacial score (nSPS) is 10.6. The highest BCUT2D eigenvalue weighted by atomic mass is 19.1. The summed E-state index contributed by atoms with van der Waals surface area (Å²) < 4.78 is 26.9. The fourth-order valence-electron chi connectivity index (χ4n) is 2.85. The molecule has 0 fully saturated rings. The molecule has 0 aliphatic carbocycles. The van der Waals surface area contributed by atoms with Gasteiger partial charge in [0.1, 0.15) is 17.3 Å². The second-order valence-corrected chi connectivity index (χ2v) is 6.30. The van der Waals surface area contributed by atoms with Crippen molar-refractivity contribution in [2.75, 3.05) is 5.32 Å². The Balaban J connectivity index is 1.63. The summed E-state index contributed by atoms with van der Waals surface area (Å²) in [4.78, 5) is 23.5. The van der Waals surface area contributed by atoms with Crippen LogP contribution in [0.25, 0.3) is 0 Å². The molecule has 144 valence electrons. The van der Waals surface area contributed by atoms with Gasteiger partial charge in [-0.05, 0) is 48.7 Å². The molecule has 28 heavy (non-hydrogen) atoms. The monoisotopic (exact) mass is 384 g/mol. The van der Waals surface area contributed by atoms with E-state index in [-0.39, 0.29) is 17.7 Å². The number of rotatable bonds is 7. The number of primary amides is 1. The van der Waals surface area contributed by atoms with Gasteiger partial charge in [0.25, 0.3) is 5.91 Å². The van der Waals surface area contributed by atoms with Crippen molar-refractivity contribution in [1.82, 2.24) is 10.2 Å². The van der Waals surface area contributed by atoms with Crippen LogP contribution in [0.15, 0.2) is 48.7 Å². The van der Waals surface area contributed by atoms with E-state index in [9.17, 15) is 18.4 Å². The van der Waals surface area contributed by atoms with Crippen molar-refractivity contribution in [2.24, 2.45) is 5.73 Å². The maximum absolute atomic E-state index is 13.7. The van der Waals surface area contributed by atoms with Gasteiger partial charge in [0.2, 0.25) is 5.91 Å². The quantitative estimate of drug-likeness (QED) is 0.584. The number of hydrogen-bond acceptors (Lipinski definition) is 3. The molecule has 1 aromatic heterocycles. The Morgan fingerprint density at radius 2 is 1.89 bits per heavy atom. The molecule has 6 nitrogen and oxygen atoms in total. The van der Waals surface area contributed by atoms with Crippen molar-refractivity contribution in [1.29, 1.82) is 0 Å². The number of amides is 2. The molecule has 4 N–H and O–H groups in total. The van der Waals surface area contributed by atoms with Crippen LogP contribution >= 0.6 is 0 Å². The molecule has 0 radical (unpaired) electrons. The van der Waals surface area contributed by atoms with Crippen LogP contribution in [-0.4, -0.2) is 22.0 Å². The zero-order valence-electron chi connectivity index (χ0n) is 14.8. The van der Waals surface area contributed by atoms with Crippen molar-refractivity contribution in [3.8, 4) is 0 Å². The first kappa shape index (κ1) is 19.2. The zero-order chi connectivity index (χ0) is 20.1. The maximum Gasteiger partial charge on any atom is 0.266 e. The molecule has 0 bridgehead atoms. The number of carbonyl (C=O) groups is 2. The number of hydrogen-bond donors (Lipinski definition) is 3. The summed E-state index contributed by atoms with van der Waals surface area (Å²) in [6.07, 6.45) is 2.42. The molecule has 0 saturated carbocycles. The van der Waals surface area contributed by atoms with Gasteiger partial charge in [-0.2, -0.15) is 5.10 Å². The molecule has 0 aliphatic rings. The molecular formula is C20H18F2N4O2. The molecule has 0 spiro atoms. The fourth-order valence-corrected chi connectivity index (χ4v) is 2.85. The summed E-state index contributed by atoms with van der Waals surface area (Å²) in [6, 6.07) is 10.1. The Bertz CT molecular complexity index is 1020. The van der Waals surface area contributed by atoms with E-state index in [1.807, 2.05) is 6.07 Å². The standard InChI is InChI=1S/C20H18F2N4O2/c21-15-6-7-17(22)14(9-15)10-18(27)25-16-3-1-2-12(8-16)4-5-13-11-24-26-19(13)20(23)28/h1-3,6-9,11H,4-5,10H2,(H2,23,28)(H,24,26)(H,25,27). The lowest BCUT2D eigenvalue weighted by Crippen LogP contribution is -2.15. The average Bonchev–Trinajstić information content (AvgIpc) is 3.12. The lowest BCUT2D eigenvalue weighted by atomic mass is 10.0. The number of carbonyl (C=O) groups excluding carboxylic acids is 2. The Kier molecular flexibility index (Phi) is 5.78. The summed E-state index contributed by atoms with van der Waals surface area (Å²) in [5.74, 6) is -2.25. The van der Waals surface area contributed by atoms with Gasteiger partial charge in [-0.3, -0.25) is 14.7 Å². The fraction of sp³-hybridized carbons (Fsp3) is 0.150. The Hall–Kier alpha value is -3.55. The van der Waals surface area contributed by atoms with Crippen LogP contribution in [-0.2, 0) is 24.1 Å². The minimum absolute atomic E-state index is 0.00686. The first-order chi connectivity index (χ1) is 13.4. The largest absolute Gasteiger partial charge is 0.364 e. The molecule has 0 aliphatic heterocycles. The van der Waals surface area contributed by atoms with Crippen molar-refractivity contribution >= 4 is 17.5 Å². The predicted molar refractivity (Wildman–Crippen MR) is 99.6 cm³/mol. The number of aryl methyl sites for hydroxylation is 2. The van der Waals surface area contributed by atoms with Crippen LogP contribution in [0.1, 0.15) is 27.2 Å². The number of nitrogens with zero attached hydrogens (tertiary/aromatic N) is 1. The molecule has 2 amide bonds. The van der Waals surface area contributed by atoms with E-state index in [1.165, 1.54) is 0 Å². The first-order valence-corrected chi connectivity index (χ1v) is 8.57. The molecule has 2 aromatic carbocycles. The third kappa shape index (κ3) is 4.79. The van der Waals surface area contributed by atoms with Crippen molar-refractivity contribution in [2.45, 2.75) is 19.3 Å². The van der Waals surface area contributed by atoms with E-state index in [2.05, 4.69) is 15.5 Å². The predicted octanol–water partition coefficient (Wildman–Crippen LogP) is 2.75. The van der Waals surface area contributed by atoms with Gasteiger partial charge in [-0.25, -0.2) is 8.78 Å². The van der Waals surface area contributed by atoms with Gasteiger partial charge in [0.15, 0.2) is 0 Å². The van der Waals surface area contributed by atoms with Crippen LogP contribution in [0, 0.1) is 11.6 Å². The van der Waals surface area contributed by atoms with Crippen molar-refractivity contribution in [3.63, 3.8) is 0 Å². The number of aromatic amines is 1. The molecule has 3 aromatic rings. The summed E-state index contributed by atoms with van der Waals surface area (Å²) in [6.45, 7) is 0. The number of nitrogens with one attached hydrogen (secondary N) is 2. The van der Waals surface area contributed by atoms with Crippen LogP contribution in [0.2, 0.25) is 0 Å². The Morgan fingerprint density at radius 3 is 2.68 bits per heavy atom. The van der Waals surface area contributed by atoms with Crippen LogP contribution < -0.4 is 11.1 Å². The topological polar surface area (TPSA) is 101 Å². The van der Waals surface area contributed by atoms with E-state index in [4.69, 9.17) is 5.73 Å². The summed E-state index contributed by atoms with van der Waals surface area (Å²) in [7, 11) is 0. The molecule has 0 unspecified atom stereocenters. The number of nitrogens with two attached hydrogens (primary N) is 1. The molecule has 0 atom stereocenters. The summed E-state index contributed by atoms with van der Waals surface area (Å²) in [5, 5.41) is 9.08. The highest BCUT2D eigenvalue weighted by molar-refractivity contribution is 5.92. The molecule has 1 heterocycles. The van der Waals surface area contributed by atoms with Gasteiger partial charge in [-0.1, -0.05) is 12.1 Å². The third-order valence-corrected chi connectivity index (χ3v) is 4.22. The van der Waals surface area contributed by atoms with Gasteiger partial charge in [0.05, 0.1) is 12.6 Å². The molecule has 8 heteroatoms. The number of benzene rings is 2. The van der Waals surface area contributed by atoms with Gasteiger partial charge in [-0.15, -0.1) is 0 Å². The molecule has 0 saturated heterocycles. The summed E-state index contributed by atoms with van der Waals surface area (Å²) >= 11 is 0. The van der Waals surface area contributed by atoms with Crippen LogP contribution in [0.5, 0.6) is 0 Å². The lowest BCUT2D eigenvalue weighted by molar-refractivity contribution is -0.115. The highest BCUT2D eigenvalue weighted by Crippen LogP contribution is 2.16. The minimum atomic E-state index is -0.629. The number of anilines is 1. The number of H-pyrrole nitrogens is 1. The van der Waals surface area contributed by atoms with Crippen molar-refractivity contribution < 1.29 is 18.4 Å². The van der Waals surface area contributed by atoms with Gasteiger partial charge < -0.3 is 11.1 Å². The van der Waals surface area contributed by atoms with Crippen LogP contribution in [0.4, 0.5) is 14.5 Å². The minimum Gasteiger partial charge on any atom is -0.364 e. The van der Waals surface area contributed by atoms with Gasteiger partial charge in [0, 0.05) is 16.8 Å². The maximum atomic E-state index is 13.7. The molecular weight excluding hydrogens is 366 g/mol. The van der Waals surface area contributed by atoms with E-state index in [0.29, 0.717) is 24.1 Å². The first-order valence-electron chi connectivity index (χ1n) is 8.57. The SMILES string of the molecule is NC(=O)c1[nH]ncc1CCc1cccc(NC(=O)Cc2cc(F)ccc2F)c1. The van der Waals surface area contributed by atoms with Crippen molar-refractivity contribution in [3.05, 3.63) is 82.7 Å². The zero-order valence-corrected chi connectivity index (χ0v) is 14.8. The molecule has 3 rings (SSSR count). The van der Waals surface area contributed by atoms with E-state index in [0.717, 1.165) is 23.8 Å². The number of halogens is 2. The Morgan fingerprint density at radius 1 is 1.07 bits per heavy atom.